The third kappa shape index (κ3) is 6.33. The Hall–Kier alpha value is -4.33. The fourth-order valence-electron chi connectivity index (χ4n) is 2.62. The molecule has 3 aromatic carbocycles. The van der Waals surface area contributed by atoms with E-state index in [0.717, 1.165) is 5.56 Å². The summed E-state index contributed by atoms with van der Waals surface area (Å²) in [4.78, 5) is 34.2. The second-order valence-electron chi connectivity index (χ2n) is 6.72. The van der Waals surface area contributed by atoms with Crippen LogP contribution in [0, 0.1) is 17.0 Å². The van der Waals surface area contributed by atoms with E-state index in [1.165, 1.54) is 30.5 Å². The molecule has 0 aliphatic carbocycles. The van der Waals surface area contributed by atoms with Crippen LogP contribution in [0.2, 0.25) is 0 Å². The minimum atomic E-state index is -0.497. The number of nitrogens with one attached hydrogen (secondary N) is 1. The Bertz CT molecular complexity index is 1110. The van der Waals surface area contributed by atoms with Gasteiger partial charge in [-0.25, -0.2) is 10.2 Å². The van der Waals surface area contributed by atoms with Crippen molar-refractivity contribution >= 4 is 23.8 Å². The molecule has 0 heterocycles. The van der Waals surface area contributed by atoms with Crippen molar-refractivity contribution in [3.8, 4) is 5.75 Å². The molecular weight excluding hydrogens is 398 g/mol. The van der Waals surface area contributed by atoms with Gasteiger partial charge < -0.3 is 4.74 Å². The summed E-state index contributed by atoms with van der Waals surface area (Å²) < 4.78 is 5.33. The fourth-order valence-corrected chi connectivity index (χ4v) is 2.62. The molecule has 0 saturated carbocycles. The van der Waals surface area contributed by atoms with Crippen LogP contribution in [-0.4, -0.2) is 23.0 Å². The van der Waals surface area contributed by atoms with Crippen molar-refractivity contribution in [3.63, 3.8) is 0 Å². The first-order valence-corrected chi connectivity index (χ1v) is 9.35. The molecule has 0 aromatic heterocycles. The molecule has 8 heteroatoms. The highest BCUT2D eigenvalue weighted by molar-refractivity contribution is 5.91. The van der Waals surface area contributed by atoms with Crippen molar-refractivity contribution in [1.29, 1.82) is 0 Å². The van der Waals surface area contributed by atoms with E-state index in [4.69, 9.17) is 4.74 Å². The Morgan fingerprint density at radius 3 is 2.26 bits per heavy atom. The predicted octanol–water partition coefficient (Wildman–Crippen LogP) is 3.82. The summed E-state index contributed by atoms with van der Waals surface area (Å²) in [7, 11) is 0. The molecule has 31 heavy (non-hydrogen) atoms. The average molecular weight is 417 g/mol. The third-order valence-corrected chi connectivity index (χ3v) is 4.29. The molecule has 0 aliphatic rings. The van der Waals surface area contributed by atoms with Crippen molar-refractivity contribution in [2.45, 2.75) is 13.3 Å². The number of rotatable bonds is 7. The second kappa shape index (κ2) is 9.93. The lowest BCUT2D eigenvalue weighted by molar-refractivity contribution is -0.384. The lowest BCUT2D eigenvalue weighted by Crippen LogP contribution is -2.19. The highest BCUT2D eigenvalue weighted by Crippen LogP contribution is 2.14. The SMILES string of the molecule is Cc1ccc(C(=O)Oc2ccc(/C=N\NC(=O)Cc3ccc([N+](=O)[O-])cc3)cc2)cc1. The van der Waals surface area contributed by atoms with Gasteiger partial charge in [-0.05, 0) is 54.4 Å². The van der Waals surface area contributed by atoms with Crippen LogP contribution < -0.4 is 10.2 Å². The molecule has 0 atom stereocenters. The van der Waals surface area contributed by atoms with Gasteiger partial charge in [0.15, 0.2) is 0 Å². The van der Waals surface area contributed by atoms with Crippen LogP contribution in [0.5, 0.6) is 5.75 Å². The lowest BCUT2D eigenvalue weighted by Gasteiger charge is -2.05. The fraction of sp³-hybridized carbons (Fsp3) is 0.0870. The van der Waals surface area contributed by atoms with Crippen LogP contribution in [0.25, 0.3) is 0 Å². The Labute approximate surface area is 178 Å². The van der Waals surface area contributed by atoms with Gasteiger partial charge in [0.2, 0.25) is 5.91 Å². The molecule has 0 aliphatic heterocycles. The number of ether oxygens (including phenoxy) is 1. The molecule has 0 fully saturated rings. The van der Waals surface area contributed by atoms with E-state index >= 15 is 0 Å². The standard InChI is InChI=1S/C23H19N3O5/c1-16-2-8-19(9-3-16)23(28)31-21-12-6-18(7-13-21)15-24-25-22(27)14-17-4-10-20(11-5-17)26(29)30/h2-13,15H,14H2,1H3,(H,25,27)/b24-15-. The quantitative estimate of drug-likeness (QED) is 0.207. The number of nitro groups is 1. The zero-order valence-electron chi connectivity index (χ0n) is 16.6. The second-order valence-corrected chi connectivity index (χ2v) is 6.72. The van der Waals surface area contributed by atoms with Gasteiger partial charge >= 0.3 is 5.97 Å². The Morgan fingerprint density at radius 2 is 1.65 bits per heavy atom. The number of benzene rings is 3. The first-order valence-electron chi connectivity index (χ1n) is 9.35. The topological polar surface area (TPSA) is 111 Å². The first-order chi connectivity index (χ1) is 14.9. The highest BCUT2D eigenvalue weighted by atomic mass is 16.6. The number of hydrogen-bond donors (Lipinski definition) is 1. The van der Waals surface area contributed by atoms with Gasteiger partial charge in [0.25, 0.3) is 5.69 Å². The van der Waals surface area contributed by atoms with Crippen LogP contribution in [0.15, 0.2) is 77.9 Å². The van der Waals surface area contributed by atoms with Gasteiger partial charge in [-0.3, -0.25) is 14.9 Å². The zero-order valence-corrected chi connectivity index (χ0v) is 16.6. The summed E-state index contributed by atoms with van der Waals surface area (Å²) in [6, 6.07) is 19.5. The van der Waals surface area contributed by atoms with Gasteiger partial charge in [-0.2, -0.15) is 5.10 Å². The van der Waals surface area contributed by atoms with E-state index in [1.807, 2.05) is 19.1 Å². The Balaban J connectivity index is 1.49. The Kier molecular flexibility index (Phi) is 6.85. The van der Waals surface area contributed by atoms with Crippen molar-refractivity contribution in [2.75, 3.05) is 0 Å². The molecule has 8 nitrogen and oxygen atoms in total. The minimum Gasteiger partial charge on any atom is -0.423 e. The largest absolute Gasteiger partial charge is 0.423 e. The molecule has 0 spiro atoms. The van der Waals surface area contributed by atoms with Gasteiger partial charge in [-0.1, -0.05) is 29.8 Å². The monoisotopic (exact) mass is 417 g/mol. The van der Waals surface area contributed by atoms with Gasteiger partial charge in [0.1, 0.15) is 5.75 Å². The molecule has 0 unspecified atom stereocenters. The van der Waals surface area contributed by atoms with E-state index in [0.29, 0.717) is 22.4 Å². The maximum absolute atomic E-state index is 12.1. The van der Waals surface area contributed by atoms with E-state index in [1.54, 1.807) is 36.4 Å². The number of amides is 1. The van der Waals surface area contributed by atoms with Crippen molar-refractivity contribution in [1.82, 2.24) is 5.43 Å². The number of nitrogens with zero attached hydrogens (tertiary/aromatic N) is 2. The van der Waals surface area contributed by atoms with Crippen molar-refractivity contribution in [2.24, 2.45) is 5.10 Å². The van der Waals surface area contributed by atoms with Gasteiger partial charge in [-0.15, -0.1) is 0 Å². The van der Waals surface area contributed by atoms with Crippen LogP contribution in [0.1, 0.15) is 27.0 Å². The van der Waals surface area contributed by atoms with E-state index in [-0.39, 0.29) is 18.0 Å². The number of hydrazone groups is 1. The molecule has 0 radical (unpaired) electrons. The lowest BCUT2D eigenvalue weighted by atomic mass is 10.1. The molecule has 3 rings (SSSR count). The summed E-state index contributed by atoms with van der Waals surface area (Å²) in [6.07, 6.45) is 1.50. The van der Waals surface area contributed by atoms with Gasteiger partial charge in [0, 0.05) is 12.1 Å². The highest BCUT2D eigenvalue weighted by Gasteiger charge is 2.08. The molecular formula is C23H19N3O5. The van der Waals surface area contributed by atoms with Crippen molar-refractivity contribution < 1.29 is 19.2 Å². The molecule has 156 valence electrons. The summed E-state index contributed by atoms with van der Waals surface area (Å²) in [5.41, 5.74) is 5.23. The first kappa shape index (κ1) is 21.4. The van der Waals surface area contributed by atoms with Crippen molar-refractivity contribution in [3.05, 3.63) is 105 Å². The summed E-state index contributed by atoms with van der Waals surface area (Å²) in [6.45, 7) is 1.94. The normalized spacial score (nSPS) is 10.6. The number of non-ortho nitro benzene ring substituents is 1. The van der Waals surface area contributed by atoms with Gasteiger partial charge in [0.05, 0.1) is 23.1 Å². The maximum Gasteiger partial charge on any atom is 0.343 e. The third-order valence-electron chi connectivity index (χ3n) is 4.29. The number of nitro benzene ring substituents is 1. The number of carbonyl (C=O) groups excluding carboxylic acids is 2. The number of aryl methyl sites for hydroxylation is 1. The summed E-state index contributed by atoms with van der Waals surface area (Å²) in [5, 5.41) is 14.5. The molecule has 0 saturated heterocycles. The van der Waals surface area contributed by atoms with Crippen LogP contribution in [0.3, 0.4) is 0 Å². The number of esters is 1. The van der Waals surface area contributed by atoms with Crippen LogP contribution >= 0.6 is 0 Å². The predicted molar refractivity (Wildman–Crippen MR) is 115 cm³/mol. The number of carbonyl (C=O) groups is 2. The summed E-state index contributed by atoms with van der Waals surface area (Å²) >= 11 is 0. The van der Waals surface area contributed by atoms with E-state index < -0.39 is 10.9 Å². The maximum atomic E-state index is 12.1. The summed E-state index contributed by atoms with van der Waals surface area (Å²) in [5.74, 6) is -0.404. The van der Waals surface area contributed by atoms with Crippen LogP contribution in [-0.2, 0) is 11.2 Å². The smallest absolute Gasteiger partial charge is 0.343 e. The molecule has 1 amide bonds. The van der Waals surface area contributed by atoms with E-state index in [9.17, 15) is 19.7 Å². The van der Waals surface area contributed by atoms with Crippen LogP contribution in [0.4, 0.5) is 5.69 Å². The molecule has 3 aromatic rings. The minimum absolute atomic E-state index is 0.0322. The number of hydrogen-bond acceptors (Lipinski definition) is 6. The Morgan fingerprint density at radius 1 is 1.00 bits per heavy atom. The molecule has 1 N–H and O–H groups in total. The molecule has 0 bridgehead atoms. The zero-order chi connectivity index (χ0) is 22.2. The average Bonchev–Trinajstić information content (AvgIpc) is 2.76. The van der Waals surface area contributed by atoms with E-state index in [2.05, 4.69) is 10.5 Å².